The Balaban J connectivity index is 2.22. The molecular formula is C10H16N2O2. The summed E-state index contributed by atoms with van der Waals surface area (Å²) in [6, 6.07) is -0.0827. The predicted octanol–water partition coefficient (Wildman–Crippen LogP) is -0.497. The van der Waals surface area contributed by atoms with Crippen LogP contribution >= 0.6 is 0 Å². The van der Waals surface area contributed by atoms with Crippen LogP contribution in [0, 0.1) is 12.3 Å². The first kappa shape index (κ1) is 11.0. The second-order valence-electron chi connectivity index (χ2n) is 3.39. The minimum absolute atomic E-state index is 0.0292. The second kappa shape index (κ2) is 5.63. The first-order valence-corrected chi connectivity index (χ1v) is 4.79. The van der Waals surface area contributed by atoms with E-state index >= 15 is 0 Å². The van der Waals surface area contributed by atoms with Crippen molar-refractivity contribution in [3.63, 3.8) is 0 Å². The zero-order valence-corrected chi connectivity index (χ0v) is 8.38. The maximum Gasteiger partial charge on any atom is 0.222 e. The number of nitrogens with one attached hydrogen (secondary N) is 2. The Morgan fingerprint density at radius 1 is 1.86 bits per heavy atom. The maximum atomic E-state index is 11.4. The van der Waals surface area contributed by atoms with E-state index in [1.54, 1.807) is 6.92 Å². The predicted molar refractivity (Wildman–Crippen MR) is 53.7 cm³/mol. The third-order valence-corrected chi connectivity index (χ3v) is 2.06. The number of carbonyl (C=O) groups is 1. The van der Waals surface area contributed by atoms with Gasteiger partial charge in [-0.2, -0.15) is 0 Å². The summed E-state index contributed by atoms with van der Waals surface area (Å²) in [5, 5.41) is 5.91. The smallest absolute Gasteiger partial charge is 0.222 e. The highest BCUT2D eigenvalue weighted by molar-refractivity contribution is 5.77. The molecule has 0 radical (unpaired) electrons. The molecule has 1 fully saturated rings. The minimum atomic E-state index is -0.202. The fraction of sp³-hybridized carbons (Fsp3) is 0.700. The quantitative estimate of drug-likeness (QED) is 0.598. The largest absolute Gasteiger partial charge is 0.378 e. The molecule has 0 aromatic carbocycles. The van der Waals surface area contributed by atoms with Crippen molar-refractivity contribution in [1.82, 2.24) is 10.6 Å². The number of morpholine rings is 1. The molecule has 0 aromatic rings. The highest BCUT2D eigenvalue weighted by atomic mass is 16.5. The lowest BCUT2D eigenvalue weighted by Gasteiger charge is -2.23. The number of hydrogen-bond donors (Lipinski definition) is 2. The van der Waals surface area contributed by atoms with Gasteiger partial charge >= 0.3 is 0 Å². The molecule has 0 aliphatic carbocycles. The van der Waals surface area contributed by atoms with Crippen molar-refractivity contribution in [3.8, 4) is 12.3 Å². The van der Waals surface area contributed by atoms with Crippen molar-refractivity contribution in [3.05, 3.63) is 0 Å². The van der Waals surface area contributed by atoms with Crippen LogP contribution in [0.3, 0.4) is 0 Å². The van der Waals surface area contributed by atoms with Gasteiger partial charge in [0.2, 0.25) is 5.91 Å². The molecule has 1 aliphatic rings. The van der Waals surface area contributed by atoms with E-state index < -0.39 is 0 Å². The molecule has 2 unspecified atom stereocenters. The van der Waals surface area contributed by atoms with E-state index in [0.29, 0.717) is 13.0 Å². The van der Waals surface area contributed by atoms with Crippen LogP contribution < -0.4 is 10.6 Å². The molecule has 78 valence electrons. The molecule has 4 heteroatoms. The van der Waals surface area contributed by atoms with E-state index in [1.165, 1.54) is 0 Å². The number of amides is 1. The summed E-state index contributed by atoms with van der Waals surface area (Å²) in [5.74, 6) is 2.42. The van der Waals surface area contributed by atoms with Crippen LogP contribution in [-0.2, 0) is 9.53 Å². The van der Waals surface area contributed by atoms with Gasteiger partial charge in [0, 0.05) is 19.0 Å². The van der Waals surface area contributed by atoms with Crippen molar-refractivity contribution in [2.24, 2.45) is 0 Å². The lowest BCUT2D eigenvalue weighted by Crippen LogP contribution is -2.45. The zero-order chi connectivity index (χ0) is 10.4. The van der Waals surface area contributed by atoms with Gasteiger partial charge in [0.15, 0.2) is 0 Å². The molecule has 4 nitrogen and oxygen atoms in total. The summed E-state index contributed by atoms with van der Waals surface area (Å²) in [7, 11) is 0. The number of rotatable bonds is 3. The Bertz CT molecular complexity index is 229. The summed E-state index contributed by atoms with van der Waals surface area (Å²) in [6.45, 7) is 3.90. The Labute approximate surface area is 84.4 Å². The number of hydrogen-bond acceptors (Lipinski definition) is 3. The third-order valence-electron chi connectivity index (χ3n) is 2.06. The van der Waals surface area contributed by atoms with Crippen molar-refractivity contribution in [2.45, 2.75) is 25.4 Å². The molecule has 1 aliphatic heterocycles. The van der Waals surface area contributed by atoms with E-state index in [0.717, 1.165) is 13.2 Å². The van der Waals surface area contributed by atoms with Crippen LogP contribution in [0.4, 0.5) is 0 Å². The molecule has 0 spiro atoms. The third kappa shape index (κ3) is 3.77. The van der Waals surface area contributed by atoms with Crippen molar-refractivity contribution in [1.29, 1.82) is 0 Å². The Hall–Kier alpha value is -1.05. The Morgan fingerprint density at radius 2 is 2.64 bits per heavy atom. The van der Waals surface area contributed by atoms with E-state index in [-0.39, 0.29) is 18.0 Å². The Kier molecular flexibility index (Phi) is 4.44. The monoisotopic (exact) mass is 196 g/mol. The van der Waals surface area contributed by atoms with Gasteiger partial charge in [-0.15, -0.1) is 6.42 Å². The fourth-order valence-electron chi connectivity index (χ4n) is 1.32. The summed E-state index contributed by atoms with van der Waals surface area (Å²) < 4.78 is 5.23. The van der Waals surface area contributed by atoms with Crippen LogP contribution in [0.2, 0.25) is 0 Å². The first-order valence-electron chi connectivity index (χ1n) is 4.79. The SMILES string of the molecule is C#CC(C)NC(=O)CC1COCCN1. The van der Waals surface area contributed by atoms with Gasteiger partial charge in [0.05, 0.1) is 19.3 Å². The van der Waals surface area contributed by atoms with Gasteiger partial charge in [-0.3, -0.25) is 4.79 Å². The first-order chi connectivity index (χ1) is 6.72. The molecule has 0 saturated carbocycles. The lowest BCUT2D eigenvalue weighted by atomic mass is 10.2. The molecule has 2 N–H and O–H groups in total. The zero-order valence-electron chi connectivity index (χ0n) is 8.38. The molecule has 0 aromatic heterocycles. The molecular weight excluding hydrogens is 180 g/mol. The molecule has 1 saturated heterocycles. The average molecular weight is 196 g/mol. The van der Waals surface area contributed by atoms with Gasteiger partial charge < -0.3 is 15.4 Å². The van der Waals surface area contributed by atoms with Crippen LogP contribution in [-0.4, -0.2) is 37.7 Å². The minimum Gasteiger partial charge on any atom is -0.378 e. The van der Waals surface area contributed by atoms with Crippen LogP contribution in [0.5, 0.6) is 0 Å². The van der Waals surface area contributed by atoms with E-state index in [9.17, 15) is 4.79 Å². The fourth-order valence-corrected chi connectivity index (χ4v) is 1.32. The summed E-state index contributed by atoms with van der Waals surface area (Å²) in [6.07, 6.45) is 5.57. The second-order valence-corrected chi connectivity index (χ2v) is 3.39. The average Bonchev–Trinajstić information content (AvgIpc) is 2.19. The lowest BCUT2D eigenvalue weighted by molar-refractivity contribution is -0.122. The van der Waals surface area contributed by atoms with Crippen LogP contribution in [0.25, 0.3) is 0 Å². The van der Waals surface area contributed by atoms with Gasteiger partial charge in [-0.05, 0) is 6.92 Å². The van der Waals surface area contributed by atoms with Crippen molar-refractivity contribution < 1.29 is 9.53 Å². The van der Waals surface area contributed by atoms with Crippen LogP contribution in [0.15, 0.2) is 0 Å². The molecule has 1 heterocycles. The van der Waals surface area contributed by atoms with E-state index in [2.05, 4.69) is 16.6 Å². The van der Waals surface area contributed by atoms with E-state index in [1.807, 2.05) is 0 Å². The Morgan fingerprint density at radius 3 is 3.21 bits per heavy atom. The standard InChI is InChI=1S/C10H16N2O2/c1-3-8(2)12-10(13)6-9-7-14-5-4-11-9/h1,8-9,11H,4-7H2,2H3,(H,12,13). The number of ether oxygens (including phenoxy) is 1. The summed E-state index contributed by atoms with van der Waals surface area (Å²) in [5.41, 5.74) is 0. The van der Waals surface area contributed by atoms with Gasteiger partial charge in [-0.1, -0.05) is 5.92 Å². The van der Waals surface area contributed by atoms with Gasteiger partial charge in [0.25, 0.3) is 0 Å². The molecule has 2 atom stereocenters. The topological polar surface area (TPSA) is 50.4 Å². The number of carbonyl (C=O) groups excluding carboxylic acids is 1. The molecule has 1 rings (SSSR count). The van der Waals surface area contributed by atoms with Crippen LogP contribution in [0.1, 0.15) is 13.3 Å². The highest BCUT2D eigenvalue weighted by Crippen LogP contribution is 1.98. The molecule has 14 heavy (non-hydrogen) atoms. The summed E-state index contributed by atoms with van der Waals surface area (Å²) in [4.78, 5) is 11.4. The molecule has 1 amide bonds. The summed E-state index contributed by atoms with van der Waals surface area (Å²) >= 11 is 0. The van der Waals surface area contributed by atoms with E-state index in [4.69, 9.17) is 11.2 Å². The molecule has 0 bridgehead atoms. The van der Waals surface area contributed by atoms with Crippen molar-refractivity contribution in [2.75, 3.05) is 19.8 Å². The van der Waals surface area contributed by atoms with Gasteiger partial charge in [-0.25, -0.2) is 0 Å². The highest BCUT2D eigenvalue weighted by Gasteiger charge is 2.17. The number of terminal acetylenes is 1. The normalized spacial score (nSPS) is 23.6. The van der Waals surface area contributed by atoms with Crippen molar-refractivity contribution >= 4 is 5.91 Å². The maximum absolute atomic E-state index is 11.4. The van der Waals surface area contributed by atoms with Gasteiger partial charge in [0.1, 0.15) is 0 Å².